The smallest absolute Gasteiger partial charge is 0.0702 e. The van der Waals surface area contributed by atoms with Crippen molar-refractivity contribution in [3.8, 4) is 0 Å². The predicted octanol–water partition coefficient (Wildman–Crippen LogP) is 5.66. The van der Waals surface area contributed by atoms with Gasteiger partial charge in [-0.25, -0.2) is 0 Å². The van der Waals surface area contributed by atoms with Crippen LogP contribution in [-0.2, 0) is 5.54 Å². The van der Waals surface area contributed by atoms with Gasteiger partial charge in [-0.05, 0) is 63.1 Å². The van der Waals surface area contributed by atoms with Crippen molar-refractivity contribution in [3.05, 3.63) is 83.0 Å². The van der Waals surface area contributed by atoms with E-state index in [1.54, 1.807) is 0 Å². The van der Waals surface area contributed by atoms with Crippen LogP contribution in [0.3, 0.4) is 0 Å². The van der Waals surface area contributed by atoms with E-state index in [-0.39, 0.29) is 11.0 Å². The van der Waals surface area contributed by atoms with Crippen LogP contribution in [0.2, 0.25) is 5.02 Å². The lowest BCUT2D eigenvalue weighted by atomic mass is 9.80. The molecule has 0 radical (unpaired) electrons. The van der Waals surface area contributed by atoms with Crippen molar-refractivity contribution in [2.75, 3.05) is 19.6 Å². The first-order valence-electron chi connectivity index (χ1n) is 11.3. The molecule has 0 saturated carbocycles. The molecule has 2 N–H and O–H groups in total. The summed E-state index contributed by atoms with van der Waals surface area (Å²) in [5.41, 5.74) is 11.4. The molecule has 3 heterocycles. The van der Waals surface area contributed by atoms with Crippen LogP contribution >= 0.6 is 11.6 Å². The van der Waals surface area contributed by atoms with E-state index < -0.39 is 0 Å². The number of para-hydroxylation sites is 1. The van der Waals surface area contributed by atoms with Crippen LogP contribution in [0.1, 0.15) is 37.8 Å². The molecule has 32 heavy (non-hydrogen) atoms. The van der Waals surface area contributed by atoms with Crippen LogP contribution in [0.25, 0.3) is 16.6 Å². The molecule has 1 fully saturated rings. The SMILES string of the molecule is CC(C)(c1ccccc1Cl)N1CCC2(CCN=C2/C=C(\N)c2cnc3ccccc3c2)C1. The Labute approximate surface area is 194 Å². The third kappa shape index (κ3) is 3.62. The summed E-state index contributed by atoms with van der Waals surface area (Å²) in [6.45, 7) is 7.37. The summed E-state index contributed by atoms with van der Waals surface area (Å²) < 4.78 is 0. The van der Waals surface area contributed by atoms with Crippen LogP contribution in [0, 0.1) is 5.41 Å². The zero-order valence-electron chi connectivity index (χ0n) is 18.7. The molecule has 2 aliphatic heterocycles. The lowest BCUT2D eigenvalue weighted by molar-refractivity contribution is 0.143. The molecular formula is C27H29ClN4. The Morgan fingerprint density at radius 2 is 1.91 bits per heavy atom. The van der Waals surface area contributed by atoms with E-state index in [0.717, 1.165) is 65.4 Å². The normalized spacial score (nSPS) is 22.1. The van der Waals surface area contributed by atoms with Crippen LogP contribution in [0.5, 0.6) is 0 Å². The fraction of sp³-hybridized carbons (Fsp3) is 0.333. The highest BCUT2D eigenvalue weighted by atomic mass is 35.5. The third-order valence-corrected chi connectivity index (χ3v) is 7.64. The van der Waals surface area contributed by atoms with E-state index in [1.165, 1.54) is 5.56 Å². The van der Waals surface area contributed by atoms with E-state index >= 15 is 0 Å². The minimum Gasteiger partial charge on any atom is -0.398 e. The van der Waals surface area contributed by atoms with Gasteiger partial charge in [-0.3, -0.25) is 14.9 Å². The topological polar surface area (TPSA) is 54.5 Å². The molecule has 2 aliphatic rings. The summed E-state index contributed by atoms with van der Waals surface area (Å²) in [4.78, 5) is 12.0. The summed E-state index contributed by atoms with van der Waals surface area (Å²) in [5.74, 6) is 0. The molecule has 5 heteroatoms. The summed E-state index contributed by atoms with van der Waals surface area (Å²) in [6.07, 6.45) is 6.10. The zero-order valence-corrected chi connectivity index (χ0v) is 19.4. The van der Waals surface area contributed by atoms with Crippen molar-refractivity contribution in [2.24, 2.45) is 16.1 Å². The third-order valence-electron chi connectivity index (χ3n) is 7.31. The van der Waals surface area contributed by atoms with E-state index in [4.69, 9.17) is 22.3 Å². The fourth-order valence-corrected chi connectivity index (χ4v) is 5.60. The van der Waals surface area contributed by atoms with E-state index in [9.17, 15) is 0 Å². The Kier molecular flexibility index (Phi) is 5.31. The van der Waals surface area contributed by atoms with Gasteiger partial charge in [0.1, 0.15) is 0 Å². The summed E-state index contributed by atoms with van der Waals surface area (Å²) in [7, 11) is 0. The van der Waals surface area contributed by atoms with Gasteiger partial charge in [0, 0.05) is 57.6 Å². The number of benzene rings is 2. The van der Waals surface area contributed by atoms with E-state index in [0.29, 0.717) is 0 Å². The minimum absolute atomic E-state index is 0.0490. The van der Waals surface area contributed by atoms with Crippen LogP contribution in [-0.4, -0.2) is 35.2 Å². The van der Waals surface area contributed by atoms with Gasteiger partial charge in [-0.15, -0.1) is 0 Å². The second kappa shape index (κ2) is 8.02. The quantitative estimate of drug-likeness (QED) is 0.564. The number of hydrogen-bond donors (Lipinski definition) is 1. The van der Waals surface area contributed by atoms with E-state index in [2.05, 4.69) is 54.1 Å². The van der Waals surface area contributed by atoms with Gasteiger partial charge in [-0.1, -0.05) is 48.0 Å². The lowest BCUT2D eigenvalue weighted by Crippen LogP contribution is -2.42. The summed E-state index contributed by atoms with van der Waals surface area (Å²) in [6, 6.07) is 18.4. The zero-order chi connectivity index (χ0) is 22.3. The Morgan fingerprint density at radius 1 is 1.12 bits per heavy atom. The number of fused-ring (bicyclic) bond motifs is 1. The highest BCUT2D eigenvalue weighted by molar-refractivity contribution is 6.31. The van der Waals surface area contributed by atoms with Crippen molar-refractivity contribution in [2.45, 2.75) is 32.2 Å². The fourth-order valence-electron chi connectivity index (χ4n) is 5.23. The number of rotatable bonds is 4. The molecule has 4 nitrogen and oxygen atoms in total. The van der Waals surface area contributed by atoms with Crippen molar-refractivity contribution < 1.29 is 0 Å². The number of allylic oxidation sites excluding steroid dienone is 1. The van der Waals surface area contributed by atoms with Gasteiger partial charge >= 0.3 is 0 Å². The highest BCUT2D eigenvalue weighted by Crippen LogP contribution is 2.45. The van der Waals surface area contributed by atoms with Crippen LogP contribution in [0.15, 0.2) is 71.9 Å². The second-order valence-corrected chi connectivity index (χ2v) is 9.93. The number of nitrogens with two attached hydrogens (primary N) is 1. The monoisotopic (exact) mass is 444 g/mol. The Hall–Kier alpha value is -2.69. The van der Waals surface area contributed by atoms with Crippen molar-refractivity contribution in [3.63, 3.8) is 0 Å². The number of halogens is 1. The molecule has 1 unspecified atom stereocenters. The predicted molar refractivity (Wildman–Crippen MR) is 134 cm³/mol. The maximum atomic E-state index is 6.56. The maximum Gasteiger partial charge on any atom is 0.0702 e. The number of likely N-dealkylation sites (tertiary alicyclic amines) is 1. The maximum absolute atomic E-state index is 6.56. The van der Waals surface area contributed by atoms with E-state index in [1.807, 2.05) is 36.5 Å². The molecule has 164 valence electrons. The Bertz CT molecular complexity index is 1230. The van der Waals surface area contributed by atoms with Gasteiger partial charge < -0.3 is 5.73 Å². The molecule has 1 saturated heterocycles. The van der Waals surface area contributed by atoms with Gasteiger partial charge in [0.2, 0.25) is 0 Å². The van der Waals surface area contributed by atoms with Gasteiger partial charge in [-0.2, -0.15) is 0 Å². The number of aromatic nitrogens is 1. The highest BCUT2D eigenvalue weighted by Gasteiger charge is 2.47. The van der Waals surface area contributed by atoms with Crippen molar-refractivity contribution in [1.29, 1.82) is 0 Å². The first-order chi connectivity index (χ1) is 15.4. The molecule has 0 bridgehead atoms. The summed E-state index contributed by atoms with van der Waals surface area (Å²) in [5, 5.41) is 1.92. The molecule has 1 aromatic heterocycles. The molecule has 0 amide bonds. The van der Waals surface area contributed by atoms with Crippen molar-refractivity contribution in [1.82, 2.24) is 9.88 Å². The lowest BCUT2D eigenvalue weighted by Gasteiger charge is -2.38. The summed E-state index contributed by atoms with van der Waals surface area (Å²) >= 11 is 6.56. The van der Waals surface area contributed by atoms with Gasteiger partial charge in [0.15, 0.2) is 0 Å². The number of pyridine rings is 1. The number of nitrogens with zero attached hydrogens (tertiary/aromatic N) is 3. The molecular weight excluding hydrogens is 416 g/mol. The van der Waals surface area contributed by atoms with Gasteiger partial charge in [0.05, 0.1) is 5.52 Å². The average Bonchev–Trinajstić information content (AvgIpc) is 3.41. The molecule has 5 rings (SSSR count). The Morgan fingerprint density at radius 3 is 2.75 bits per heavy atom. The molecule has 3 aromatic rings. The molecule has 1 atom stereocenters. The molecule has 1 spiro atoms. The first kappa shape index (κ1) is 21.2. The van der Waals surface area contributed by atoms with Crippen molar-refractivity contribution >= 4 is 33.9 Å². The standard InChI is InChI=1S/C27H29ClN4/c1-26(2,21-8-4-5-9-22(21)28)32-14-12-27(18-32)11-13-30-25(27)16-23(29)20-15-19-7-3-6-10-24(19)31-17-20/h3-10,15-17H,11-14,18,29H2,1-2H3/b23-16-. The molecule has 2 aromatic carbocycles. The Balaban J connectivity index is 1.41. The largest absolute Gasteiger partial charge is 0.398 e. The number of aliphatic imine (C=N–C) groups is 1. The average molecular weight is 445 g/mol. The second-order valence-electron chi connectivity index (χ2n) is 9.52. The number of hydrogen-bond acceptors (Lipinski definition) is 4. The molecule has 0 aliphatic carbocycles. The first-order valence-corrected chi connectivity index (χ1v) is 11.6. The van der Waals surface area contributed by atoms with Gasteiger partial charge in [0.25, 0.3) is 0 Å². The van der Waals surface area contributed by atoms with Crippen LogP contribution in [0.4, 0.5) is 0 Å². The minimum atomic E-state index is -0.146. The van der Waals surface area contributed by atoms with Crippen LogP contribution < -0.4 is 5.73 Å².